The van der Waals surface area contributed by atoms with E-state index in [0.29, 0.717) is 0 Å². The molecule has 0 heterocycles. The van der Waals surface area contributed by atoms with Crippen molar-refractivity contribution in [2.24, 2.45) is 0 Å². The summed E-state index contributed by atoms with van der Waals surface area (Å²) in [6.07, 6.45) is 0. The molecule has 0 atom stereocenters. The zero-order valence-corrected chi connectivity index (χ0v) is 3.77. The minimum atomic E-state index is -1.32. The van der Waals surface area contributed by atoms with Gasteiger partial charge in [-0.15, -0.1) is 0 Å². The van der Waals surface area contributed by atoms with Crippen molar-refractivity contribution in [3.8, 4) is 0 Å². The number of rotatable bonds is 3. The molecule has 0 unspecified atom stereocenters. The summed E-state index contributed by atoms with van der Waals surface area (Å²) in [5, 5.41) is 14.4. The molecular weight excluding hydrogens is 118 g/mol. The fourth-order valence-corrected chi connectivity index (χ4v) is 0.110. The van der Waals surface area contributed by atoms with E-state index in [-0.39, 0.29) is 0 Å². The average Bonchev–Trinajstić information content (AvgIpc) is 1.61. The van der Waals surface area contributed by atoms with Gasteiger partial charge in [0.05, 0.1) is 0 Å². The van der Waals surface area contributed by atoms with E-state index in [4.69, 9.17) is 10.3 Å². The Morgan fingerprint density at radius 2 is 2.25 bits per heavy atom. The van der Waals surface area contributed by atoms with E-state index >= 15 is 0 Å². The molecule has 0 bridgehead atoms. The molecule has 0 aromatic heterocycles. The van der Waals surface area contributed by atoms with E-state index in [1.165, 1.54) is 0 Å². The summed E-state index contributed by atoms with van der Waals surface area (Å²) in [6, 6.07) is 0. The molecule has 0 aromatic carbocycles. The van der Waals surface area contributed by atoms with Crippen LogP contribution in [0.2, 0.25) is 0 Å². The van der Waals surface area contributed by atoms with Gasteiger partial charge in [0.1, 0.15) is 4.91 Å². The van der Waals surface area contributed by atoms with Crippen LogP contribution in [0.5, 0.6) is 0 Å². The second-order valence-corrected chi connectivity index (χ2v) is 0.905. The van der Waals surface area contributed by atoms with Crippen LogP contribution in [-0.4, -0.2) is 28.0 Å². The minimum absolute atomic E-state index is 0.833. The van der Waals surface area contributed by atoms with Crippen LogP contribution in [0.25, 0.3) is 0 Å². The van der Waals surface area contributed by atoms with Crippen molar-refractivity contribution in [3.05, 3.63) is 4.91 Å². The molecule has 8 heavy (non-hydrogen) atoms. The van der Waals surface area contributed by atoms with Gasteiger partial charge >= 0.3 is 11.1 Å². The molecule has 0 saturated heterocycles. The molecule has 0 aliphatic rings. The standard InChI is InChI=1S/C2H3NO5/c4-2(5)1-8-3(6)7/h1H2,(H-,4,5,6,7)/p+1. The number of nitrogens with zero attached hydrogens (tertiary/aromatic N) is 1. The first-order valence-electron chi connectivity index (χ1n) is 1.64. The highest BCUT2D eigenvalue weighted by molar-refractivity contribution is 5.67. The van der Waals surface area contributed by atoms with E-state index in [9.17, 15) is 9.70 Å². The van der Waals surface area contributed by atoms with Gasteiger partial charge in [-0.25, -0.2) is 10.0 Å². The maximum absolute atomic E-state index is 9.50. The summed E-state index contributed by atoms with van der Waals surface area (Å²) < 4.78 is 0. The Bertz CT molecular complexity index is 95.0. The van der Waals surface area contributed by atoms with Crippen LogP contribution < -0.4 is 0 Å². The van der Waals surface area contributed by atoms with Gasteiger partial charge in [-0.1, -0.05) is 0 Å². The van der Waals surface area contributed by atoms with Gasteiger partial charge in [-0.05, 0) is 0 Å². The molecule has 6 heteroatoms. The van der Waals surface area contributed by atoms with Crippen LogP contribution in [0.4, 0.5) is 0 Å². The van der Waals surface area contributed by atoms with E-state index in [2.05, 4.69) is 4.84 Å². The molecule has 0 radical (unpaired) electrons. The zero-order chi connectivity index (χ0) is 6.57. The number of hydrogen-bond donors (Lipinski definition) is 2. The molecule has 0 aliphatic carbocycles. The quantitative estimate of drug-likeness (QED) is 0.477. The number of aliphatic carboxylic acids is 1. The topological polar surface area (TPSA) is 86.8 Å². The third-order valence-electron chi connectivity index (χ3n) is 0.298. The van der Waals surface area contributed by atoms with E-state index in [0.717, 1.165) is 0 Å². The number of hydrogen-bond acceptors (Lipinski definition) is 3. The molecule has 0 rings (SSSR count). The lowest BCUT2D eigenvalue weighted by Gasteiger charge is -1.79. The van der Waals surface area contributed by atoms with Crippen molar-refractivity contribution in [3.63, 3.8) is 0 Å². The Morgan fingerprint density at radius 3 is 2.38 bits per heavy atom. The van der Waals surface area contributed by atoms with Gasteiger partial charge in [-0.2, -0.15) is 4.84 Å². The number of carboxylic acids is 1. The number of carbonyl (C=O) groups is 1. The van der Waals surface area contributed by atoms with Crippen molar-refractivity contribution < 1.29 is 25.0 Å². The van der Waals surface area contributed by atoms with Crippen LogP contribution >= 0.6 is 0 Å². The zero-order valence-electron chi connectivity index (χ0n) is 3.77. The third-order valence-corrected chi connectivity index (χ3v) is 0.298. The predicted molar refractivity (Wildman–Crippen MR) is 19.0 cm³/mol. The number of carboxylic acid groups (broad SMARTS) is 1. The summed E-state index contributed by atoms with van der Waals surface area (Å²) in [5.41, 5.74) is 0. The Kier molecular flexibility index (Phi) is 2.32. The maximum atomic E-state index is 9.50. The normalized spacial score (nSPS) is 8.00. The van der Waals surface area contributed by atoms with Crippen molar-refractivity contribution in [1.29, 1.82) is 0 Å². The average molecular weight is 122 g/mol. The smallest absolute Gasteiger partial charge is 0.475 e. The highest BCUT2D eigenvalue weighted by Gasteiger charge is 2.07. The Labute approximate surface area is 43.8 Å². The van der Waals surface area contributed by atoms with E-state index < -0.39 is 17.7 Å². The van der Waals surface area contributed by atoms with Crippen LogP contribution in [0, 0.1) is 4.91 Å². The first-order valence-corrected chi connectivity index (χ1v) is 1.64. The monoisotopic (exact) mass is 122 g/mol. The van der Waals surface area contributed by atoms with Crippen molar-refractivity contribution in [2.75, 3.05) is 6.61 Å². The van der Waals surface area contributed by atoms with Gasteiger partial charge in [0.25, 0.3) is 6.61 Å². The molecule has 46 valence electrons. The summed E-state index contributed by atoms with van der Waals surface area (Å²) in [7, 11) is 0. The van der Waals surface area contributed by atoms with Crippen molar-refractivity contribution in [2.45, 2.75) is 0 Å². The van der Waals surface area contributed by atoms with Gasteiger partial charge in [0, 0.05) is 0 Å². The van der Waals surface area contributed by atoms with Crippen LogP contribution in [0.3, 0.4) is 0 Å². The van der Waals surface area contributed by atoms with Gasteiger partial charge in [-0.3, -0.25) is 0 Å². The Balaban J connectivity index is 3.18. The minimum Gasteiger partial charge on any atom is -0.479 e. The highest BCUT2D eigenvalue weighted by atomic mass is 17.0. The summed E-state index contributed by atoms with van der Waals surface area (Å²) in [6.45, 7) is -0.833. The lowest BCUT2D eigenvalue weighted by atomic mass is 10.8. The fraction of sp³-hybridized carbons (Fsp3) is 0.500. The first kappa shape index (κ1) is 6.67. The van der Waals surface area contributed by atoms with Gasteiger partial charge in [0.15, 0.2) is 0 Å². The molecule has 0 aromatic rings. The molecule has 0 saturated carbocycles. The predicted octanol–water partition coefficient (Wildman–Crippen LogP) is -0.829. The van der Waals surface area contributed by atoms with E-state index in [1.54, 1.807) is 0 Å². The van der Waals surface area contributed by atoms with Crippen LogP contribution in [0.15, 0.2) is 0 Å². The summed E-state index contributed by atoms with van der Waals surface area (Å²) in [5.74, 6) is -1.32. The lowest BCUT2D eigenvalue weighted by molar-refractivity contribution is -0.974. The van der Waals surface area contributed by atoms with Crippen LogP contribution in [-0.2, 0) is 9.63 Å². The van der Waals surface area contributed by atoms with Gasteiger partial charge in [0.2, 0.25) is 0 Å². The fourth-order valence-electron chi connectivity index (χ4n) is 0.110. The largest absolute Gasteiger partial charge is 0.479 e. The first-order chi connectivity index (χ1) is 3.63. The Morgan fingerprint density at radius 1 is 1.75 bits per heavy atom. The Hall–Kier alpha value is -1.33. The molecule has 0 aliphatic heterocycles. The van der Waals surface area contributed by atoms with Gasteiger partial charge < -0.3 is 5.11 Å². The summed E-state index contributed by atoms with van der Waals surface area (Å²) >= 11 is 0. The highest BCUT2D eigenvalue weighted by Crippen LogP contribution is 1.70. The molecule has 0 amide bonds. The third kappa shape index (κ3) is 4.67. The molecule has 2 N–H and O–H groups in total. The van der Waals surface area contributed by atoms with Crippen molar-refractivity contribution in [1.82, 2.24) is 0 Å². The second kappa shape index (κ2) is 2.78. The SMILES string of the molecule is O=C(O)CO[N+](=O)O. The molecule has 6 nitrogen and oxygen atoms in total. The second-order valence-electron chi connectivity index (χ2n) is 0.905. The van der Waals surface area contributed by atoms with E-state index in [1.807, 2.05) is 0 Å². The molecule has 0 spiro atoms. The van der Waals surface area contributed by atoms with Crippen LogP contribution in [0.1, 0.15) is 0 Å². The lowest BCUT2D eigenvalue weighted by Crippen LogP contribution is -2.12. The molecule has 0 fully saturated rings. The maximum Gasteiger partial charge on any atom is 0.475 e. The summed E-state index contributed by atoms with van der Waals surface area (Å²) in [4.78, 5) is 22.4. The van der Waals surface area contributed by atoms with Crippen molar-refractivity contribution >= 4 is 5.97 Å². The molecular formula is C2H4NO5+.